The lowest BCUT2D eigenvalue weighted by atomic mass is 10.2. The van der Waals surface area contributed by atoms with Gasteiger partial charge in [0.25, 0.3) is 5.91 Å². The fourth-order valence-corrected chi connectivity index (χ4v) is 3.07. The number of aromatic nitrogens is 2. The third kappa shape index (κ3) is 4.31. The Kier molecular flexibility index (Phi) is 5.81. The van der Waals surface area contributed by atoms with Gasteiger partial charge in [0.05, 0.1) is 30.2 Å². The van der Waals surface area contributed by atoms with Crippen molar-refractivity contribution in [3.63, 3.8) is 0 Å². The molecule has 0 spiro atoms. The summed E-state index contributed by atoms with van der Waals surface area (Å²) < 4.78 is 7.26. The molecule has 0 aliphatic carbocycles. The third-order valence-electron chi connectivity index (χ3n) is 4.33. The highest BCUT2D eigenvalue weighted by Gasteiger charge is 2.16. The number of carbonyl (C=O) groups excluding carboxylic acids is 1. The summed E-state index contributed by atoms with van der Waals surface area (Å²) >= 11 is 6.25. The van der Waals surface area contributed by atoms with Crippen LogP contribution in [-0.4, -0.2) is 22.3 Å². The second-order valence-corrected chi connectivity index (χ2v) is 6.61. The molecule has 27 heavy (non-hydrogen) atoms. The van der Waals surface area contributed by atoms with Gasteiger partial charge in [0.2, 0.25) is 0 Å². The number of benzene rings is 2. The van der Waals surface area contributed by atoms with Crippen molar-refractivity contribution in [2.24, 2.45) is 0 Å². The van der Waals surface area contributed by atoms with Gasteiger partial charge in [-0.25, -0.2) is 0 Å². The Morgan fingerprint density at radius 3 is 2.52 bits per heavy atom. The van der Waals surface area contributed by atoms with E-state index in [4.69, 9.17) is 16.3 Å². The number of nitrogens with one attached hydrogen (secondary N) is 1. The van der Waals surface area contributed by atoms with E-state index < -0.39 is 0 Å². The van der Waals surface area contributed by atoms with E-state index in [1.165, 1.54) is 0 Å². The van der Waals surface area contributed by atoms with Crippen LogP contribution in [0.25, 0.3) is 0 Å². The Labute approximate surface area is 163 Å². The topological polar surface area (TPSA) is 56.1 Å². The molecule has 2 aromatic carbocycles. The van der Waals surface area contributed by atoms with Gasteiger partial charge in [-0.2, -0.15) is 5.10 Å². The molecule has 0 radical (unpaired) electrons. The maximum Gasteiger partial charge on any atom is 0.255 e. The van der Waals surface area contributed by atoms with E-state index in [1.54, 1.807) is 24.3 Å². The number of hydrogen-bond acceptors (Lipinski definition) is 3. The van der Waals surface area contributed by atoms with Crippen LogP contribution in [0.3, 0.4) is 0 Å². The van der Waals surface area contributed by atoms with E-state index in [9.17, 15) is 4.79 Å². The Bertz CT molecular complexity index is 949. The summed E-state index contributed by atoms with van der Waals surface area (Å²) in [6, 6.07) is 14.8. The van der Waals surface area contributed by atoms with Gasteiger partial charge in [0, 0.05) is 10.6 Å². The molecule has 0 fully saturated rings. The summed E-state index contributed by atoms with van der Waals surface area (Å²) in [5.74, 6) is 0.565. The summed E-state index contributed by atoms with van der Waals surface area (Å²) in [4.78, 5) is 12.6. The zero-order valence-corrected chi connectivity index (χ0v) is 16.4. The number of nitrogens with zero attached hydrogens (tertiary/aromatic N) is 2. The van der Waals surface area contributed by atoms with Crippen molar-refractivity contribution < 1.29 is 9.53 Å². The highest BCUT2D eigenvalue weighted by Crippen LogP contribution is 2.23. The van der Waals surface area contributed by atoms with Gasteiger partial charge in [-0.3, -0.25) is 9.48 Å². The van der Waals surface area contributed by atoms with Crippen molar-refractivity contribution >= 4 is 23.2 Å². The van der Waals surface area contributed by atoms with Gasteiger partial charge in [-0.05, 0) is 56.7 Å². The Balaban J connectivity index is 1.78. The number of amides is 1. The quantitative estimate of drug-likeness (QED) is 0.661. The summed E-state index contributed by atoms with van der Waals surface area (Å²) in [7, 11) is 0. The highest BCUT2D eigenvalue weighted by molar-refractivity contribution is 6.31. The molecular weight excluding hydrogens is 362 g/mol. The second kappa shape index (κ2) is 8.27. The monoisotopic (exact) mass is 383 g/mol. The van der Waals surface area contributed by atoms with Gasteiger partial charge in [-0.1, -0.05) is 29.8 Å². The molecule has 0 saturated carbocycles. The van der Waals surface area contributed by atoms with Crippen LogP contribution < -0.4 is 10.1 Å². The molecule has 1 amide bonds. The number of anilines is 1. The lowest BCUT2D eigenvalue weighted by Gasteiger charge is -2.09. The molecule has 1 N–H and O–H groups in total. The van der Waals surface area contributed by atoms with Crippen LogP contribution in [0.15, 0.2) is 48.5 Å². The molecule has 0 atom stereocenters. The molecule has 0 saturated heterocycles. The Hall–Kier alpha value is -2.79. The molecule has 3 rings (SSSR count). The molecule has 1 heterocycles. The standard InChI is InChI=1S/C21H22ClN3O2/c1-4-27-18-11-9-16(10-12-18)21(26)23-20-14(2)24-25(15(20)3)13-17-7-5-6-8-19(17)22/h5-12H,4,13H2,1-3H3,(H,23,26). The fourth-order valence-electron chi connectivity index (χ4n) is 2.87. The second-order valence-electron chi connectivity index (χ2n) is 6.21. The maximum atomic E-state index is 12.6. The van der Waals surface area contributed by atoms with Gasteiger partial charge in [0.1, 0.15) is 5.75 Å². The lowest BCUT2D eigenvalue weighted by molar-refractivity contribution is 0.102. The van der Waals surface area contributed by atoms with Crippen LogP contribution in [0.2, 0.25) is 5.02 Å². The molecule has 0 aliphatic heterocycles. The first-order chi connectivity index (χ1) is 13.0. The molecule has 6 heteroatoms. The minimum absolute atomic E-state index is 0.179. The molecule has 0 aliphatic rings. The average Bonchev–Trinajstić information content (AvgIpc) is 2.92. The van der Waals surface area contributed by atoms with Gasteiger partial charge in [0.15, 0.2) is 0 Å². The molecular formula is C21H22ClN3O2. The van der Waals surface area contributed by atoms with Crippen molar-refractivity contribution in [3.8, 4) is 5.75 Å². The molecule has 140 valence electrons. The van der Waals surface area contributed by atoms with Crippen LogP contribution in [0, 0.1) is 13.8 Å². The number of ether oxygens (including phenoxy) is 1. The maximum absolute atomic E-state index is 12.6. The van der Waals surface area contributed by atoms with Crippen molar-refractivity contribution in [1.82, 2.24) is 9.78 Å². The van der Waals surface area contributed by atoms with Crippen LogP contribution in [0.4, 0.5) is 5.69 Å². The first-order valence-electron chi connectivity index (χ1n) is 8.81. The number of aryl methyl sites for hydroxylation is 1. The van der Waals surface area contributed by atoms with Crippen molar-refractivity contribution in [1.29, 1.82) is 0 Å². The summed E-state index contributed by atoms with van der Waals surface area (Å²) in [6.07, 6.45) is 0. The van der Waals surface area contributed by atoms with Gasteiger partial charge in [-0.15, -0.1) is 0 Å². The largest absolute Gasteiger partial charge is 0.494 e. The predicted octanol–water partition coefficient (Wildman–Crippen LogP) is 4.85. The number of rotatable bonds is 6. The zero-order valence-electron chi connectivity index (χ0n) is 15.6. The molecule has 1 aromatic heterocycles. The van der Waals surface area contributed by atoms with E-state index in [0.717, 1.165) is 28.4 Å². The zero-order chi connectivity index (χ0) is 19.4. The van der Waals surface area contributed by atoms with E-state index in [2.05, 4.69) is 10.4 Å². The molecule has 3 aromatic rings. The van der Waals surface area contributed by atoms with Gasteiger partial charge >= 0.3 is 0 Å². The number of hydrogen-bond donors (Lipinski definition) is 1. The Morgan fingerprint density at radius 2 is 1.85 bits per heavy atom. The fraction of sp³-hybridized carbons (Fsp3) is 0.238. The van der Waals surface area contributed by atoms with Crippen molar-refractivity contribution in [3.05, 3.63) is 76.1 Å². The SMILES string of the molecule is CCOc1ccc(C(=O)Nc2c(C)nn(Cc3ccccc3Cl)c2C)cc1. The van der Waals surface area contributed by atoms with Gasteiger partial charge < -0.3 is 10.1 Å². The lowest BCUT2D eigenvalue weighted by Crippen LogP contribution is -2.13. The van der Waals surface area contributed by atoms with Crippen LogP contribution in [0.1, 0.15) is 34.2 Å². The minimum atomic E-state index is -0.179. The first-order valence-corrected chi connectivity index (χ1v) is 9.19. The van der Waals surface area contributed by atoms with Crippen molar-refractivity contribution in [2.75, 3.05) is 11.9 Å². The number of halogens is 1. The highest BCUT2D eigenvalue weighted by atomic mass is 35.5. The predicted molar refractivity (Wildman–Crippen MR) is 108 cm³/mol. The third-order valence-corrected chi connectivity index (χ3v) is 4.69. The summed E-state index contributed by atoms with van der Waals surface area (Å²) in [5.41, 5.74) is 3.91. The normalized spacial score (nSPS) is 10.7. The summed E-state index contributed by atoms with van der Waals surface area (Å²) in [6.45, 7) is 6.88. The Morgan fingerprint density at radius 1 is 1.15 bits per heavy atom. The summed E-state index contributed by atoms with van der Waals surface area (Å²) in [5, 5.41) is 8.23. The smallest absolute Gasteiger partial charge is 0.255 e. The first kappa shape index (κ1) is 19.0. The van der Waals surface area contributed by atoms with E-state index in [0.29, 0.717) is 23.7 Å². The van der Waals surface area contributed by atoms with Crippen LogP contribution in [0.5, 0.6) is 5.75 Å². The van der Waals surface area contributed by atoms with E-state index in [-0.39, 0.29) is 5.91 Å². The molecule has 5 nitrogen and oxygen atoms in total. The average molecular weight is 384 g/mol. The number of carbonyl (C=O) groups is 1. The molecule has 0 bridgehead atoms. The van der Waals surface area contributed by atoms with Crippen LogP contribution >= 0.6 is 11.6 Å². The minimum Gasteiger partial charge on any atom is -0.494 e. The van der Waals surface area contributed by atoms with E-state index in [1.807, 2.05) is 49.7 Å². The van der Waals surface area contributed by atoms with Crippen LogP contribution in [-0.2, 0) is 6.54 Å². The molecule has 0 unspecified atom stereocenters. The van der Waals surface area contributed by atoms with E-state index >= 15 is 0 Å². The van der Waals surface area contributed by atoms with Crippen molar-refractivity contribution in [2.45, 2.75) is 27.3 Å².